The Morgan fingerprint density at radius 1 is 0.833 bits per heavy atom. The van der Waals surface area contributed by atoms with Crippen LogP contribution in [-0.2, 0) is 13.1 Å². The highest BCUT2D eigenvalue weighted by molar-refractivity contribution is 6.35. The maximum Gasteiger partial charge on any atom is 0.344 e. The first-order valence-corrected chi connectivity index (χ1v) is 12.1. The Morgan fingerprint density at radius 3 is 2.47 bits per heavy atom. The van der Waals surface area contributed by atoms with Crippen LogP contribution in [0.2, 0.25) is 15.1 Å². The minimum absolute atomic E-state index is 0.240. The van der Waals surface area contributed by atoms with Gasteiger partial charge in [-0.3, -0.25) is 4.90 Å². The zero-order chi connectivity index (χ0) is 25.0. The van der Waals surface area contributed by atoms with Gasteiger partial charge >= 0.3 is 11.3 Å². The third kappa shape index (κ3) is 4.16. The summed E-state index contributed by atoms with van der Waals surface area (Å²) in [5.41, 5.74) is 1.86. The quantitative estimate of drug-likeness (QED) is 0.232. The summed E-state index contributed by atoms with van der Waals surface area (Å²) in [7, 11) is 0. The summed E-state index contributed by atoms with van der Waals surface area (Å²) in [6, 6.07) is 16.9. The fourth-order valence-electron chi connectivity index (χ4n) is 4.48. The van der Waals surface area contributed by atoms with E-state index in [1.165, 1.54) is 6.07 Å². The maximum absolute atomic E-state index is 12.9. The fraction of sp³-hybridized carbons (Fsp3) is 0.111. The summed E-state index contributed by atoms with van der Waals surface area (Å²) in [6.45, 7) is 1.28. The van der Waals surface area contributed by atoms with Crippen molar-refractivity contribution >= 4 is 56.7 Å². The highest BCUT2D eigenvalue weighted by atomic mass is 35.5. The van der Waals surface area contributed by atoms with Gasteiger partial charge in [0, 0.05) is 50.6 Å². The molecule has 6 nitrogen and oxygen atoms in total. The molecule has 0 fully saturated rings. The molecule has 1 aliphatic rings. The van der Waals surface area contributed by atoms with Gasteiger partial charge in [-0.05, 0) is 54.1 Å². The predicted octanol–water partition coefficient (Wildman–Crippen LogP) is 6.88. The largest absolute Gasteiger partial charge is 0.478 e. The molecule has 0 amide bonds. The number of hydrogen-bond acceptors (Lipinski definition) is 6. The minimum Gasteiger partial charge on any atom is -0.478 e. The van der Waals surface area contributed by atoms with Crippen molar-refractivity contribution in [1.29, 1.82) is 0 Å². The number of nitrogens with zero attached hydrogens (tertiary/aromatic N) is 1. The second-order valence-corrected chi connectivity index (χ2v) is 9.80. The normalized spacial score (nSPS) is 13.6. The molecule has 0 atom stereocenters. The monoisotopic (exact) mass is 539 g/mol. The molecule has 0 radical (unpaired) electrons. The van der Waals surface area contributed by atoms with E-state index in [9.17, 15) is 9.59 Å². The van der Waals surface area contributed by atoms with Gasteiger partial charge in [-0.1, -0.05) is 40.9 Å². The molecule has 0 saturated heterocycles. The smallest absolute Gasteiger partial charge is 0.344 e. The van der Waals surface area contributed by atoms with Crippen LogP contribution in [0.4, 0.5) is 0 Å². The molecule has 0 bridgehead atoms. The summed E-state index contributed by atoms with van der Waals surface area (Å²) in [5.74, 6) is 0.610. The topological polar surface area (TPSA) is 72.9 Å². The molecular weight excluding hydrogens is 525 g/mol. The van der Waals surface area contributed by atoms with E-state index < -0.39 is 11.3 Å². The van der Waals surface area contributed by atoms with Crippen LogP contribution in [0.3, 0.4) is 0 Å². The second kappa shape index (κ2) is 8.98. The molecule has 180 valence electrons. The molecular formula is C27H16Cl3NO5. The molecule has 36 heavy (non-hydrogen) atoms. The Kier molecular flexibility index (Phi) is 5.77. The summed E-state index contributed by atoms with van der Waals surface area (Å²) in [6.07, 6.45) is 0. The van der Waals surface area contributed by atoms with Crippen molar-refractivity contribution in [1.82, 2.24) is 4.90 Å². The van der Waals surface area contributed by atoms with E-state index in [-0.39, 0.29) is 5.56 Å². The van der Waals surface area contributed by atoms with Gasteiger partial charge in [-0.25, -0.2) is 9.59 Å². The maximum atomic E-state index is 12.9. The molecule has 0 unspecified atom stereocenters. The summed E-state index contributed by atoms with van der Waals surface area (Å²) >= 11 is 18.5. The zero-order valence-corrected chi connectivity index (χ0v) is 20.8. The summed E-state index contributed by atoms with van der Waals surface area (Å²) in [5, 5.41) is 2.86. The summed E-state index contributed by atoms with van der Waals surface area (Å²) < 4.78 is 17.1. The van der Waals surface area contributed by atoms with Gasteiger partial charge in [-0.15, -0.1) is 0 Å². The average molecular weight is 541 g/mol. The van der Waals surface area contributed by atoms with Gasteiger partial charge in [0.2, 0.25) is 0 Å². The van der Waals surface area contributed by atoms with Gasteiger partial charge in [0.1, 0.15) is 23.6 Å². The minimum atomic E-state index is -0.589. The molecule has 6 rings (SSSR count). The van der Waals surface area contributed by atoms with Crippen molar-refractivity contribution in [3.63, 3.8) is 0 Å². The van der Waals surface area contributed by atoms with Crippen molar-refractivity contribution < 1.29 is 13.6 Å². The fourth-order valence-corrected chi connectivity index (χ4v) is 5.13. The van der Waals surface area contributed by atoms with Crippen LogP contribution in [0.1, 0.15) is 11.1 Å². The summed E-state index contributed by atoms with van der Waals surface area (Å²) in [4.78, 5) is 27.5. The van der Waals surface area contributed by atoms with Crippen LogP contribution < -0.4 is 16.0 Å². The van der Waals surface area contributed by atoms with Gasteiger partial charge < -0.3 is 13.6 Å². The number of benzene rings is 3. The van der Waals surface area contributed by atoms with E-state index >= 15 is 0 Å². The number of ether oxygens (including phenoxy) is 1. The molecule has 0 saturated carbocycles. The van der Waals surface area contributed by atoms with Gasteiger partial charge in [-0.2, -0.15) is 0 Å². The lowest BCUT2D eigenvalue weighted by Crippen LogP contribution is -2.31. The molecule has 0 N–H and O–H groups in total. The highest BCUT2D eigenvalue weighted by Gasteiger charge is 2.24. The number of hydrogen-bond donors (Lipinski definition) is 0. The lowest BCUT2D eigenvalue weighted by Gasteiger charge is -2.29. The van der Waals surface area contributed by atoms with Crippen LogP contribution in [0.25, 0.3) is 33.1 Å². The van der Waals surface area contributed by atoms with E-state index in [0.29, 0.717) is 73.7 Å². The van der Waals surface area contributed by atoms with Crippen LogP contribution in [0.15, 0.2) is 79.1 Å². The third-order valence-electron chi connectivity index (χ3n) is 6.15. The van der Waals surface area contributed by atoms with Crippen molar-refractivity contribution in [2.24, 2.45) is 0 Å². The number of halogens is 3. The van der Waals surface area contributed by atoms with Crippen LogP contribution in [-0.4, -0.2) is 11.6 Å². The van der Waals surface area contributed by atoms with Gasteiger partial charge in [0.25, 0.3) is 0 Å². The van der Waals surface area contributed by atoms with E-state index in [4.69, 9.17) is 48.4 Å². The van der Waals surface area contributed by atoms with Crippen molar-refractivity contribution in [2.45, 2.75) is 13.1 Å². The lowest BCUT2D eigenvalue weighted by atomic mass is 9.99. The van der Waals surface area contributed by atoms with E-state index in [1.54, 1.807) is 42.5 Å². The average Bonchev–Trinajstić information content (AvgIpc) is 2.85. The first-order valence-electron chi connectivity index (χ1n) is 11.0. The molecule has 0 spiro atoms. The Labute approximate surface area is 219 Å². The first-order chi connectivity index (χ1) is 17.4. The van der Waals surface area contributed by atoms with Crippen LogP contribution in [0.5, 0.6) is 5.75 Å². The zero-order valence-electron chi connectivity index (χ0n) is 18.5. The van der Waals surface area contributed by atoms with Crippen LogP contribution in [0, 0.1) is 0 Å². The van der Waals surface area contributed by atoms with E-state index in [1.807, 2.05) is 17.0 Å². The molecule has 3 heterocycles. The third-order valence-corrected chi connectivity index (χ3v) is 6.97. The Balaban J connectivity index is 1.46. The molecule has 9 heteroatoms. The highest BCUT2D eigenvalue weighted by Crippen LogP contribution is 2.37. The lowest BCUT2D eigenvalue weighted by molar-refractivity contribution is 0.0890. The van der Waals surface area contributed by atoms with E-state index in [2.05, 4.69) is 0 Å². The Hall–Kier alpha value is -3.29. The van der Waals surface area contributed by atoms with Crippen LogP contribution >= 0.6 is 34.8 Å². The Bertz CT molecular complexity index is 1790. The van der Waals surface area contributed by atoms with Gasteiger partial charge in [0.05, 0.1) is 11.1 Å². The number of fused-ring (bicyclic) bond motifs is 4. The van der Waals surface area contributed by atoms with E-state index in [0.717, 1.165) is 5.56 Å². The SMILES string of the molecule is O=c1cc(-c2cc3cc(Cl)ccc3oc2=O)c2ccc3c(c2o1)CN(Cc1ccc(Cl)cc1Cl)CO3. The molecule has 3 aromatic carbocycles. The molecule has 1 aliphatic heterocycles. The second-order valence-electron chi connectivity index (χ2n) is 8.52. The van der Waals surface area contributed by atoms with Crippen molar-refractivity contribution in [3.8, 4) is 16.9 Å². The Morgan fingerprint density at radius 2 is 1.64 bits per heavy atom. The molecule has 5 aromatic rings. The number of rotatable bonds is 3. The predicted molar refractivity (Wildman–Crippen MR) is 140 cm³/mol. The standard InChI is InChI=1S/C27H16Cl3NO5/c28-16-3-5-23-15(7-16)8-20(27(33)35-23)19-10-25(32)36-26-18(19)4-6-24-21(26)12-31(13-34-24)11-14-1-2-17(29)9-22(14)30/h1-10H,11-13H2. The van der Waals surface area contributed by atoms with Crippen molar-refractivity contribution in [2.75, 3.05) is 6.73 Å². The molecule has 0 aliphatic carbocycles. The van der Waals surface area contributed by atoms with Crippen molar-refractivity contribution in [3.05, 3.63) is 108 Å². The van der Waals surface area contributed by atoms with Gasteiger partial charge in [0.15, 0.2) is 0 Å². The molecule has 2 aromatic heterocycles. The first kappa shape index (κ1) is 23.1.